The van der Waals surface area contributed by atoms with Crippen molar-refractivity contribution in [2.45, 2.75) is 26.4 Å². The minimum Gasteiger partial charge on any atom is -0.309 e. The molecule has 0 spiro atoms. The van der Waals surface area contributed by atoms with E-state index in [-0.39, 0.29) is 11.9 Å². The molecule has 4 rings (SSSR count). The normalized spacial score (nSPS) is 11.0. The van der Waals surface area contributed by atoms with Crippen LogP contribution in [0.25, 0.3) is 10.9 Å². The molecule has 2 heterocycles. The lowest BCUT2D eigenvalue weighted by molar-refractivity contribution is -0.116. The van der Waals surface area contributed by atoms with Gasteiger partial charge in [0.2, 0.25) is 5.91 Å². The second-order valence-electron chi connectivity index (χ2n) is 6.93. The topological polar surface area (TPSA) is 81.8 Å². The lowest BCUT2D eigenvalue weighted by atomic mass is 10.1. The van der Waals surface area contributed by atoms with Crippen LogP contribution in [0.15, 0.2) is 65.8 Å². The molecule has 152 valence electrons. The molecule has 4 aromatic rings. The van der Waals surface area contributed by atoms with E-state index in [1.807, 2.05) is 12.1 Å². The summed E-state index contributed by atoms with van der Waals surface area (Å²) in [6, 6.07) is 13.7. The first kappa shape index (κ1) is 19.5. The number of rotatable bonds is 6. The number of halogens is 1. The molecule has 0 aliphatic rings. The van der Waals surface area contributed by atoms with Crippen molar-refractivity contribution in [2.24, 2.45) is 0 Å². The van der Waals surface area contributed by atoms with Gasteiger partial charge in [0.25, 0.3) is 5.56 Å². The SMILES string of the molecule is CCc1ccc(Cn2nccc2NC(=O)Cn2cnc3ccc(F)cc3c2=O)cc1. The Kier molecular flexibility index (Phi) is 5.38. The second kappa shape index (κ2) is 8.28. The number of carbonyl (C=O) groups is 1. The molecule has 1 N–H and O–H groups in total. The number of amides is 1. The molecule has 7 nitrogen and oxygen atoms in total. The molecule has 0 atom stereocenters. The Labute approximate surface area is 171 Å². The van der Waals surface area contributed by atoms with Crippen LogP contribution in [0, 0.1) is 5.82 Å². The van der Waals surface area contributed by atoms with Crippen LogP contribution >= 0.6 is 0 Å². The van der Waals surface area contributed by atoms with E-state index in [0.717, 1.165) is 22.6 Å². The van der Waals surface area contributed by atoms with Crippen molar-refractivity contribution in [3.63, 3.8) is 0 Å². The van der Waals surface area contributed by atoms with E-state index in [4.69, 9.17) is 0 Å². The first-order valence-corrected chi connectivity index (χ1v) is 9.57. The van der Waals surface area contributed by atoms with Crippen LogP contribution in [0.1, 0.15) is 18.1 Å². The molecule has 0 bridgehead atoms. The molecule has 0 fully saturated rings. The maximum Gasteiger partial charge on any atom is 0.261 e. The Morgan fingerprint density at radius 2 is 1.87 bits per heavy atom. The maximum absolute atomic E-state index is 13.5. The van der Waals surface area contributed by atoms with Gasteiger partial charge in [-0.2, -0.15) is 5.10 Å². The summed E-state index contributed by atoms with van der Waals surface area (Å²) < 4.78 is 16.3. The predicted molar refractivity (Wildman–Crippen MR) is 112 cm³/mol. The summed E-state index contributed by atoms with van der Waals surface area (Å²) in [7, 11) is 0. The lowest BCUT2D eigenvalue weighted by Gasteiger charge is -2.11. The zero-order chi connectivity index (χ0) is 21.1. The maximum atomic E-state index is 13.5. The molecule has 0 aliphatic carbocycles. The lowest BCUT2D eigenvalue weighted by Crippen LogP contribution is -2.28. The highest BCUT2D eigenvalue weighted by Gasteiger charge is 2.12. The summed E-state index contributed by atoms with van der Waals surface area (Å²) in [6.45, 7) is 2.36. The van der Waals surface area contributed by atoms with Crippen LogP contribution < -0.4 is 10.9 Å². The minimum absolute atomic E-state index is 0.130. The number of nitrogens with one attached hydrogen (secondary N) is 1. The third-order valence-electron chi connectivity index (χ3n) is 4.85. The van der Waals surface area contributed by atoms with Gasteiger partial charge in [-0.1, -0.05) is 31.2 Å². The van der Waals surface area contributed by atoms with Crippen LogP contribution in [-0.2, 0) is 24.3 Å². The van der Waals surface area contributed by atoms with E-state index in [9.17, 15) is 14.0 Å². The monoisotopic (exact) mass is 405 g/mol. The molecule has 2 aromatic carbocycles. The largest absolute Gasteiger partial charge is 0.309 e. The van der Waals surface area contributed by atoms with Crippen molar-refractivity contribution in [2.75, 3.05) is 5.32 Å². The Hall–Kier alpha value is -3.81. The zero-order valence-corrected chi connectivity index (χ0v) is 16.4. The van der Waals surface area contributed by atoms with Gasteiger partial charge in [-0.05, 0) is 35.7 Å². The van der Waals surface area contributed by atoms with Gasteiger partial charge < -0.3 is 5.32 Å². The second-order valence-corrected chi connectivity index (χ2v) is 6.93. The Bertz CT molecular complexity index is 1260. The van der Waals surface area contributed by atoms with Crippen LogP contribution in [0.2, 0.25) is 0 Å². The number of aryl methyl sites for hydroxylation is 1. The molecule has 0 saturated carbocycles. The molecule has 0 aliphatic heterocycles. The molecule has 1 amide bonds. The van der Waals surface area contributed by atoms with Crippen molar-refractivity contribution >= 4 is 22.6 Å². The Morgan fingerprint density at radius 1 is 1.10 bits per heavy atom. The standard InChI is InChI=1S/C22H20FN5O2/c1-2-15-3-5-16(6-4-15)12-28-20(9-10-25-28)26-21(29)13-27-14-24-19-8-7-17(23)11-18(19)22(27)30/h3-11,14H,2,12-13H2,1H3,(H,26,29). The smallest absolute Gasteiger partial charge is 0.261 e. The summed E-state index contributed by atoms with van der Waals surface area (Å²) in [4.78, 5) is 29.2. The van der Waals surface area contributed by atoms with Gasteiger partial charge in [0.15, 0.2) is 0 Å². The van der Waals surface area contributed by atoms with Crippen molar-refractivity contribution in [1.29, 1.82) is 0 Å². The molecule has 0 saturated heterocycles. The first-order valence-electron chi connectivity index (χ1n) is 9.57. The van der Waals surface area contributed by atoms with Crippen molar-refractivity contribution < 1.29 is 9.18 Å². The van der Waals surface area contributed by atoms with Crippen LogP contribution in [-0.4, -0.2) is 25.2 Å². The van der Waals surface area contributed by atoms with Crippen molar-refractivity contribution in [3.05, 3.63) is 88.4 Å². The molecule has 8 heteroatoms. The summed E-state index contributed by atoms with van der Waals surface area (Å²) in [5.41, 5.74) is 2.22. The summed E-state index contributed by atoms with van der Waals surface area (Å²) in [6.07, 6.45) is 3.86. The average molecular weight is 405 g/mol. The summed E-state index contributed by atoms with van der Waals surface area (Å²) in [5.74, 6) is -0.412. The number of benzene rings is 2. The highest BCUT2D eigenvalue weighted by atomic mass is 19.1. The van der Waals surface area contributed by atoms with E-state index in [1.54, 1.807) is 16.9 Å². The number of hydrogen-bond acceptors (Lipinski definition) is 4. The molecular formula is C22H20FN5O2. The summed E-state index contributed by atoms with van der Waals surface area (Å²) >= 11 is 0. The Balaban J connectivity index is 1.49. The van der Waals surface area contributed by atoms with Gasteiger partial charge in [0.05, 0.1) is 30.0 Å². The van der Waals surface area contributed by atoms with E-state index in [0.29, 0.717) is 17.9 Å². The first-order chi connectivity index (χ1) is 14.5. The average Bonchev–Trinajstić information content (AvgIpc) is 3.17. The van der Waals surface area contributed by atoms with Gasteiger partial charge in [-0.3, -0.25) is 14.2 Å². The zero-order valence-electron chi connectivity index (χ0n) is 16.4. The predicted octanol–water partition coefficient (Wildman–Crippen LogP) is 2.98. The fourth-order valence-corrected chi connectivity index (χ4v) is 3.20. The highest BCUT2D eigenvalue weighted by Crippen LogP contribution is 2.12. The number of nitrogens with zero attached hydrogens (tertiary/aromatic N) is 4. The number of carbonyl (C=O) groups excluding carboxylic acids is 1. The van der Waals surface area contributed by atoms with Gasteiger partial charge >= 0.3 is 0 Å². The van der Waals surface area contributed by atoms with Gasteiger partial charge in [-0.15, -0.1) is 0 Å². The van der Waals surface area contributed by atoms with Crippen molar-refractivity contribution in [1.82, 2.24) is 19.3 Å². The van der Waals surface area contributed by atoms with E-state index < -0.39 is 17.3 Å². The number of anilines is 1. The van der Waals surface area contributed by atoms with Gasteiger partial charge in [-0.25, -0.2) is 14.1 Å². The molecular weight excluding hydrogens is 385 g/mol. The molecule has 0 unspecified atom stereocenters. The third kappa shape index (κ3) is 4.12. The van der Waals surface area contributed by atoms with E-state index >= 15 is 0 Å². The molecule has 30 heavy (non-hydrogen) atoms. The quantitative estimate of drug-likeness (QED) is 0.535. The van der Waals surface area contributed by atoms with E-state index in [2.05, 4.69) is 34.5 Å². The number of aromatic nitrogens is 4. The van der Waals surface area contributed by atoms with Crippen LogP contribution in [0.5, 0.6) is 0 Å². The van der Waals surface area contributed by atoms with Crippen LogP contribution in [0.3, 0.4) is 0 Å². The minimum atomic E-state index is -0.528. The number of fused-ring (bicyclic) bond motifs is 1. The fourth-order valence-electron chi connectivity index (χ4n) is 3.20. The molecule has 2 aromatic heterocycles. The molecule has 0 radical (unpaired) electrons. The third-order valence-corrected chi connectivity index (χ3v) is 4.85. The summed E-state index contributed by atoms with van der Waals surface area (Å²) in [5, 5.41) is 7.16. The highest BCUT2D eigenvalue weighted by molar-refractivity contribution is 5.90. The van der Waals surface area contributed by atoms with E-state index in [1.165, 1.54) is 24.0 Å². The van der Waals surface area contributed by atoms with Gasteiger partial charge in [0.1, 0.15) is 18.2 Å². The van der Waals surface area contributed by atoms with Crippen LogP contribution in [0.4, 0.5) is 10.2 Å². The van der Waals surface area contributed by atoms with Gasteiger partial charge in [0, 0.05) is 6.07 Å². The van der Waals surface area contributed by atoms with Crippen molar-refractivity contribution in [3.8, 4) is 0 Å². The number of hydrogen-bond donors (Lipinski definition) is 1. The fraction of sp³-hybridized carbons (Fsp3) is 0.182. The Morgan fingerprint density at radius 3 is 2.63 bits per heavy atom.